The number of benzene rings is 1. The normalized spacial score (nSPS) is 29.0. The van der Waals surface area contributed by atoms with E-state index in [1.165, 1.54) is 24.8 Å². The molecule has 0 aliphatic carbocycles. The van der Waals surface area contributed by atoms with Gasteiger partial charge in [-0.25, -0.2) is 0 Å². The average molecular weight is 323 g/mol. The van der Waals surface area contributed by atoms with E-state index in [1.807, 2.05) is 12.1 Å². The van der Waals surface area contributed by atoms with E-state index in [0.29, 0.717) is 18.1 Å². The first-order valence-corrected chi connectivity index (χ1v) is 8.94. The van der Waals surface area contributed by atoms with E-state index >= 15 is 0 Å². The van der Waals surface area contributed by atoms with Gasteiger partial charge in [-0.3, -0.25) is 4.90 Å². The third kappa shape index (κ3) is 3.65. The van der Waals surface area contributed by atoms with Crippen molar-refractivity contribution in [1.29, 1.82) is 0 Å². The van der Waals surface area contributed by atoms with Crippen LogP contribution in [0.5, 0.6) is 0 Å². The molecule has 1 aromatic rings. The molecule has 2 fully saturated rings. The number of ether oxygens (including phenoxy) is 1. The summed E-state index contributed by atoms with van der Waals surface area (Å²) in [6.45, 7) is 7.52. The molecule has 0 radical (unpaired) electrons. The summed E-state index contributed by atoms with van der Waals surface area (Å²) in [5.41, 5.74) is 1.24. The zero-order valence-electron chi connectivity index (χ0n) is 13.6. The largest absolute Gasteiger partial charge is 0.371 e. The summed E-state index contributed by atoms with van der Waals surface area (Å²) < 4.78 is 6.11. The highest BCUT2D eigenvalue weighted by molar-refractivity contribution is 6.30. The molecular formula is C18H27ClN2O. The van der Waals surface area contributed by atoms with E-state index in [2.05, 4.69) is 36.2 Å². The molecule has 3 atom stereocenters. The lowest BCUT2D eigenvalue weighted by molar-refractivity contribution is -0.0502. The molecule has 0 aromatic heterocycles. The lowest BCUT2D eigenvalue weighted by Gasteiger charge is -2.35. The first kappa shape index (κ1) is 16.3. The molecule has 1 N–H and O–H groups in total. The van der Waals surface area contributed by atoms with Crippen LogP contribution in [-0.4, -0.2) is 42.7 Å². The van der Waals surface area contributed by atoms with E-state index in [1.54, 1.807) is 0 Å². The Bertz CT molecular complexity index is 474. The first-order chi connectivity index (χ1) is 10.7. The quantitative estimate of drug-likeness (QED) is 0.896. The Morgan fingerprint density at radius 2 is 1.95 bits per heavy atom. The highest BCUT2D eigenvalue weighted by atomic mass is 35.5. The Morgan fingerprint density at radius 1 is 1.23 bits per heavy atom. The van der Waals surface area contributed by atoms with Crippen molar-refractivity contribution in [3.8, 4) is 0 Å². The molecule has 3 rings (SSSR count). The molecule has 2 aliphatic rings. The van der Waals surface area contributed by atoms with Gasteiger partial charge in [-0.2, -0.15) is 0 Å². The summed E-state index contributed by atoms with van der Waals surface area (Å²) in [5.74, 6) is 0. The molecular weight excluding hydrogens is 296 g/mol. The van der Waals surface area contributed by atoms with E-state index in [4.69, 9.17) is 16.3 Å². The van der Waals surface area contributed by atoms with Gasteiger partial charge in [-0.1, -0.05) is 37.6 Å². The van der Waals surface area contributed by atoms with E-state index < -0.39 is 0 Å². The Balaban J connectivity index is 1.58. The molecule has 0 bridgehead atoms. The van der Waals surface area contributed by atoms with Gasteiger partial charge in [0, 0.05) is 36.2 Å². The zero-order chi connectivity index (χ0) is 15.5. The minimum absolute atomic E-state index is 0.181. The van der Waals surface area contributed by atoms with Crippen molar-refractivity contribution in [3.63, 3.8) is 0 Å². The molecule has 4 heteroatoms. The number of hydrogen-bond acceptors (Lipinski definition) is 3. The van der Waals surface area contributed by atoms with Crippen LogP contribution in [-0.2, 0) is 4.74 Å². The lowest BCUT2D eigenvalue weighted by Crippen LogP contribution is -2.43. The van der Waals surface area contributed by atoms with Crippen LogP contribution in [0.2, 0.25) is 5.02 Å². The average Bonchev–Trinajstić information content (AvgIpc) is 2.94. The van der Waals surface area contributed by atoms with Gasteiger partial charge in [0.1, 0.15) is 0 Å². The van der Waals surface area contributed by atoms with Crippen molar-refractivity contribution in [2.45, 2.75) is 57.3 Å². The van der Waals surface area contributed by atoms with Crippen LogP contribution in [0.4, 0.5) is 0 Å². The minimum Gasteiger partial charge on any atom is -0.371 e. The highest BCUT2D eigenvalue weighted by Crippen LogP contribution is 2.31. The fourth-order valence-electron chi connectivity index (χ4n) is 3.73. The Labute approximate surface area is 139 Å². The number of hydrogen-bond donors (Lipinski definition) is 1. The fraction of sp³-hybridized carbons (Fsp3) is 0.667. The van der Waals surface area contributed by atoms with Gasteiger partial charge in [0.25, 0.3) is 0 Å². The SMILES string of the molecule is CCC(CC)N[C@@H]1C[C@H]2CO[C@@H](c3ccc(Cl)cc3)CN2C1. The van der Waals surface area contributed by atoms with E-state index in [-0.39, 0.29) is 6.10 Å². The van der Waals surface area contributed by atoms with Gasteiger partial charge < -0.3 is 10.1 Å². The van der Waals surface area contributed by atoms with Crippen molar-refractivity contribution in [1.82, 2.24) is 10.2 Å². The lowest BCUT2D eigenvalue weighted by atomic mass is 10.1. The van der Waals surface area contributed by atoms with Crippen LogP contribution in [0.25, 0.3) is 0 Å². The number of nitrogens with zero attached hydrogens (tertiary/aromatic N) is 1. The molecule has 122 valence electrons. The topological polar surface area (TPSA) is 24.5 Å². The number of fused-ring (bicyclic) bond motifs is 1. The summed E-state index contributed by atoms with van der Waals surface area (Å²) in [6.07, 6.45) is 3.81. The second-order valence-electron chi connectivity index (χ2n) is 6.59. The summed E-state index contributed by atoms with van der Waals surface area (Å²) in [6, 6.07) is 9.92. The van der Waals surface area contributed by atoms with Crippen LogP contribution in [0.3, 0.4) is 0 Å². The second kappa shape index (κ2) is 7.31. The van der Waals surface area contributed by atoms with E-state index in [9.17, 15) is 0 Å². The predicted molar refractivity (Wildman–Crippen MR) is 91.4 cm³/mol. The molecule has 1 aromatic carbocycles. The maximum Gasteiger partial charge on any atom is 0.0952 e. The molecule has 2 heterocycles. The summed E-state index contributed by atoms with van der Waals surface area (Å²) in [5, 5.41) is 4.60. The third-order valence-electron chi connectivity index (χ3n) is 5.12. The van der Waals surface area contributed by atoms with Crippen LogP contribution in [0, 0.1) is 0 Å². The van der Waals surface area contributed by atoms with Crippen molar-refractivity contribution in [2.24, 2.45) is 0 Å². The van der Waals surface area contributed by atoms with Crippen LogP contribution in [0.1, 0.15) is 44.8 Å². The molecule has 0 amide bonds. The van der Waals surface area contributed by atoms with E-state index in [0.717, 1.165) is 24.7 Å². The number of rotatable bonds is 5. The van der Waals surface area contributed by atoms with Crippen molar-refractivity contribution >= 4 is 11.6 Å². The van der Waals surface area contributed by atoms with Gasteiger partial charge >= 0.3 is 0 Å². The predicted octanol–water partition coefficient (Wildman–Crippen LogP) is 3.63. The minimum atomic E-state index is 0.181. The maximum absolute atomic E-state index is 6.11. The highest BCUT2D eigenvalue weighted by Gasteiger charge is 2.37. The van der Waals surface area contributed by atoms with Gasteiger partial charge in [-0.05, 0) is 37.0 Å². The molecule has 0 unspecified atom stereocenters. The monoisotopic (exact) mass is 322 g/mol. The van der Waals surface area contributed by atoms with Gasteiger partial charge in [0.15, 0.2) is 0 Å². The molecule has 22 heavy (non-hydrogen) atoms. The van der Waals surface area contributed by atoms with Crippen LogP contribution < -0.4 is 5.32 Å². The molecule has 2 saturated heterocycles. The van der Waals surface area contributed by atoms with Gasteiger partial charge in [-0.15, -0.1) is 0 Å². The second-order valence-corrected chi connectivity index (χ2v) is 7.03. The zero-order valence-corrected chi connectivity index (χ0v) is 14.4. The third-order valence-corrected chi connectivity index (χ3v) is 5.37. The van der Waals surface area contributed by atoms with Crippen LogP contribution >= 0.6 is 11.6 Å². The van der Waals surface area contributed by atoms with Crippen molar-refractivity contribution in [2.75, 3.05) is 19.7 Å². The summed E-state index contributed by atoms with van der Waals surface area (Å²) >= 11 is 5.98. The van der Waals surface area contributed by atoms with Gasteiger partial charge in [0.2, 0.25) is 0 Å². The first-order valence-electron chi connectivity index (χ1n) is 8.56. The molecule has 2 aliphatic heterocycles. The van der Waals surface area contributed by atoms with Gasteiger partial charge in [0.05, 0.1) is 12.7 Å². The standard InChI is InChI=1S/C18H27ClN2O/c1-3-15(4-2)20-16-9-17-12-22-18(11-21(17)10-16)13-5-7-14(19)8-6-13/h5-8,15-18,20H,3-4,9-12H2,1-2H3/t16-,17+,18-/m1/s1. The number of morpholine rings is 1. The van der Waals surface area contributed by atoms with Crippen molar-refractivity contribution in [3.05, 3.63) is 34.9 Å². The Kier molecular flexibility index (Phi) is 5.40. The number of halogens is 1. The summed E-state index contributed by atoms with van der Waals surface area (Å²) in [4.78, 5) is 2.60. The fourth-order valence-corrected chi connectivity index (χ4v) is 3.86. The Hall–Kier alpha value is -0.610. The van der Waals surface area contributed by atoms with Crippen molar-refractivity contribution < 1.29 is 4.74 Å². The number of nitrogens with one attached hydrogen (secondary N) is 1. The van der Waals surface area contributed by atoms with Crippen LogP contribution in [0.15, 0.2) is 24.3 Å². The molecule has 0 saturated carbocycles. The molecule has 3 nitrogen and oxygen atoms in total. The Morgan fingerprint density at radius 3 is 2.64 bits per heavy atom. The smallest absolute Gasteiger partial charge is 0.0952 e. The maximum atomic E-state index is 6.11. The molecule has 0 spiro atoms. The summed E-state index contributed by atoms with van der Waals surface area (Å²) in [7, 11) is 0.